The molecule has 5 nitrogen and oxygen atoms in total. The van der Waals surface area contributed by atoms with Crippen molar-refractivity contribution in [3.05, 3.63) is 59.2 Å². The van der Waals surface area contributed by atoms with Crippen LogP contribution in [0.15, 0.2) is 36.8 Å². The Bertz CT molecular complexity index is 729. The summed E-state index contributed by atoms with van der Waals surface area (Å²) in [5, 5.41) is 2.37. The Labute approximate surface area is 141 Å². The van der Waals surface area contributed by atoms with E-state index in [1.807, 2.05) is 18.2 Å². The summed E-state index contributed by atoms with van der Waals surface area (Å²) in [6.45, 7) is 0. The molecule has 1 aromatic heterocycles. The summed E-state index contributed by atoms with van der Waals surface area (Å²) in [4.78, 5) is 31.7. The van der Waals surface area contributed by atoms with Crippen LogP contribution in [-0.4, -0.2) is 21.8 Å². The van der Waals surface area contributed by atoms with Crippen LogP contribution < -0.4 is 5.32 Å². The second-order valence-electron chi connectivity index (χ2n) is 6.09. The minimum atomic E-state index is -0.276. The van der Waals surface area contributed by atoms with Gasteiger partial charge in [-0.2, -0.15) is 0 Å². The van der Waals surface area contributed by atoms with E-state index in [4.69, 9.17) is 0 Å². The van der Waals surface area contributed by atoms with Gasteiger partial charge in [0.05, 0.1) is 11.1 Å². The molecule has 0 unspecified atom stereocenters. The zero-order chi connectivity index (χ0) is 16.8. The Morgan fingerprint density at radius 3 is 2.46 bits per heavy atom. The van der Waals surface area contributed by atoms with E-state index in [1.54, 1.807) is 18.6 Å². The van der Waals surface area contributed by atoms with Gasteiger partial charge in [-0.3, -0.25) is 14.9 Å². The number of nitrogens with zero attached hydrogens (tertiary/aromatic N) is 2. The summed E-state index contributed by atoms with van der Waals surface area (Å²) in [5.41, 5.74) is 3.17. The quantitative estimate of drug-likeness (QED) is 0.598. The van der Waals surface area contributed by atoms with Gasteiger partial charge in [-0.05, 0) is 43.4 Å². The van der Waals surface area contributed by atoms with E-state index in [0.717, 1.165) is 43.4 Å². The van der Waals surface area contributed by atoms with Crippen LogP contribution in [0.25, 0.3) is 0 Å². The van der Waals surface area contributed by atoms with Crippen molar-refractivity contribution < 1.29 is 9.59 Å². The molecule has 1 N–H and O–H groups in total. The number of carbonyl (C=O) groups excluding carboxylic acids is 2. The lowest BCUT2D eigenvalue weighted by atomic mass is 9.97. The Kier molecular flexibility index (Phi) is 5.31. The van der Waals surface area contributed by atoms with Crippen molar-refractivity contribution in [2.24, 2.45) is 0 Å². The third kappa shape index (κ3) is 3.85. The molecule has 5 heteroatoms. The van der Waals surface area contributed by atoms with Crippen molar-refractivity contribution in [3.8, 4) is 0 Å². The van der Waals surface area contributed by atoms with Crippen LogP contribution in [0.4, 0.5) is 0 Å². The van der Waals surface area contributed by atoms with Crippen LogP contribution in [0, 0.1) is 0 Å². The first-order valence-electron chi connectivity index (χ1n) is 8.48. The third-order valence-corrected chi connectivity index (χ3v) is 4.37. The Balaban J connectivity index is 1.39. The molecule has 0 atom stereocenters. The number of amides is 2. The molecule has 0 radical (unpaired) electrons. The van der Waals surface area contributed by atoms with Crippen molar-refractivity contribution >= 4 is 11.8 Å². The predicted molar refractivity (Wildman–Crippen MR) is 90.8 cm³/mol. The maximum absolute atomic E-state index is 11.9. The normalized spacial score (nSPS) is 13.0. The third-order valence-electron chi connectivity index (χ3n) is 4.37. The maximum atomic E-state index is 11.9. The molecule has 124 valence electrons. The number of carbonyl (C=O) groups is 2. The van der Waals surface area contributed by atoms with Crippen molar-refractivity contribution in [2.75, 3.05) is 0 Å². The largest absolute Gasteiger partial charge is 0.288 e. The summed E-state index contributed by atoms with van der Waals surface area (Å²) in [7, 11) is 0. The Morgan fingerprint density at radius 1 is 0.875 bits per heavy atom. The Morgan fingerprint density at radius 2 is 1.67 bits per heavy atom. The number of hydrogen-bond acceptors (Lipinski definition) is 4. The van der Waals surface area contributed by atoms with Gasteiger partial charge in [0.25, 0.3) is 11.8 Å². The molecule has 1 aromatic carbocycles. The zero-order valence-corrected chi connectivity index (χ0v) is 13.6. The van der Waals surface area contributed by atoms with Gasteiger partial charge in [0.15, 0.2) is 0 Å². The number of rotatable bonds is 8. The summed E-state index contributed by atoms with van der Waals surface area (Å²) in [6, 6.07) is 7.48. The highest BCUT2D eigenvalue weighted by Gasteiger charge is 2.28. The smallest absolute Gasteiger partial charge is 0.259 e. The average molecular weight is 323 g/mol. The van der Waals surface area contributed by atoms with E-state index in [0.29, 0.717) is 11.1 Å². The molecule has 0 saturated carbocycles. The highest BCUT2D eigenvalue weighted by Crippen LogP contribution is 2.22. The molecule has 0 spiro atoms. The lowest BCUT2D eigenvalue weighted by Crippen LogP contribution is -2.20. The fourth-order valence-electron chi connectivity index (χ4n) is 3.12. The first-order chi connectivity index (χ1) is 11.8. The molecule has 0 fully saturated rings. The number of aromatic nitrogens is 2. The van der Waals surface area contributed by atoms with Crippen molar-refractivity contribution in [1.82, 2.24) is 15.3 Å². The van der Waals surface area contributed by atoms with Crippen LogP contribution in [0.1, 0.15) is 64.1 Å². The van der Waals surface area contributed by atoms with Crippen LogP contribution in [0.2, 0.25) is 0 Å². The minimum absolute atomic E-state index is 0.254. The highest BCUT2D eigenvalue weighted by molar-refractivity contribution is 6.22. The first kappa shape index (κ1) is 16.3. The van der Waals surface area contributed by atoms with Gasteiger partial charge in [-0.25, -0.2) is 9.97 Å². The lowest BCUT2D eigenvalue weighted by Gasteiger charge is -2.06. The SMILES string of the molecule is O=C1NC(=O)c2c(CCCCCCCc3ccncn3)cccc21. The molecular formula is C19H21N3O2. The molecule has 2 amide bonds. The molecular weight excluding hydrogens is 302 g/mol. The molecule has 0 bridgehead atoms. The molecule has 0 aliphatic carbocycles. The molecule has 2 aromatic rings. The number of hydrogen-bond donors (Lipinski definition) is 1. The van der Waals surface area contributed by atoms with Gasteiger partial charge in [0, 0.05) is 11.9 Å². The lowest BCUT2D eigenvalue weighted by molar-refractivity contribution is 0.0879. The van der Waals surface area contributed by atoms with E-state index in [1.165, 1.54) is 12.8 Å². The van der Waals surface area contributed by atoms with Crippen LogP contribution in [-0.2, 0) is 12.8 Å². The van der Waals surface area contributed by atoms with Gasteiger partial charge in [0.2, 0.25) is 0 Å². The molecule has 0 saturated heterocycles. The number of unbranched alkanes of at least 4 members (excludes halogenated alkanes) is 4. The zero-order valence-electron chi connectivity index (χ0n) is 13.6. The van der Waals surface area contributed by atoms with E-state index in [9.17, 15) is 9.59 Å². The van der Waals surface area contributed by atoms with Crippen LogP contribution in [0.3, 0.4) is 0 Å². The summed E-state index contributed by atoms with van der Waals surface area (Å²) in [5.74, 6) is -0.531. The van der Waals surface area contributed by atoms with Crippen molar-refractivity contribution in [2.45, 2.75) is 44.9 Å². The van der Waals surface area contributed by atoms with E-state index in [-0.39, 0.29) is 11.8 Å². The molecule has 24 heavy (non-hydrogen) atoms. The number of nitrogens with one attached hydrogen (secondary N) is 1. The number of fused-ring (bicyclic) bond motifs is 1. The van der Waals surface area contributed by atoms with Gasteiger partial charge < -0.3 is 0 Å². The summed E-state index contributed by atoms with van der Waals surface area (Å²) in [6.07, 6.45) is 10.9. The minimum Gasteiger partial charge on any atom is -0.288 e. The van der Waals surface area contributed by atoms with Gasteiger partial charge in [-0.15, -0.1) is 0 Å². The van der Waals surface area contributed by atoms with Crippen molar-refractivity contribution in [3.63, 3.8) is 0 Å². The molecule has 1 aliphatic heterocycles. The first-order valence-corrected chi connectivity index (χ1v) is 8.48. The monoisotopic (exact) mass is 323 g/mol. The molecule has 2 heterocycles. The predicted octanol–water partition coefficient (Wildman–Crippen LogP) is 3.10. The van der Waals surface area contributed by atoms with E-state index < -0.39 is 0 Å². The molecule has 1 aliphatic rings. The maximum Gasteiger partial charge on any atom is 0.259 e. The fraction of sp³-hybridized carbons (Fsp3) is 0.368. The molecule has 3 rings (SSSR count). The fourth-order valence-corrected chi connectivity index (χ4v) is 3.12. The number of aryl methyl sites for hydroxylation is 2. The second kappa shape index (κ2) is 7.81. The Hall–Kier alpha value is -2.56. The van der Waals surface area contributed by atoms with E-state index >= 15 is 0 Å². The average Bonchev–Trinajstić information content (AvgIpc) is 2.90. The van der Waals surface area contributed by atoms with Gasteiger partial charge >= 0.3 is 0 Å². The second-order valence-corrected chi connectivity index (χ2v) is 6.09. The topological polar surface area (TPSA) is 72.0 Å². The summed E-state index contributed by atoms with van der Waals surface area (Å²) >= 11 is 0. The van der Waals surface area contributed by atoms with Crippen LogP contribution >= 0.6 is 0 Å². The summed E-state index contributed by atoms with van der Waals surface area (Å²) < 4.78 is 0. The van der Waals surface area contributed by atoms with E-state index in [2.05, 4.69) is 15.3 Å². The number of imide groups is 1. The van der Waals surface area contributed by atoms with Gasteiger partial charge in [-0.1, -0.05) is 31.4 Å². The van der Waals surface area contributed by atoms with Gasteiger partial charge in [0.1, 0.15) is 6.33 Å². The highest BCUT2D eigenvalue weighted by atomic mass is 16.2. The van der Waals surface area contributed by atoms with Crippen molar-refractivity contribution in [1.29, 1.82) is 0 Å². The number of benzene rings is 1. The van der Waals surface area contributed by atoms with Crippen LogP contribution in [0.5, 0.6) is 0 Å². The standard InChI is InChI=1S/C19H21N3O2/c23-18-16-10-6-8-14(17(16)19(24)22-18)7-4-2-1-3-5-9-15-11-12-20-13-21-15/h6,8,10-13H,1-5,7,9H2,(H,22,23,24).